The Morgan fingerprint density at radius 3 is 2.86 bits per heavy atom. The van der Waals surface area contributed by atoms with E-state index < -0.39 is 0 Å². The van der Waals surface area contributed by atoms with Gasteiger partial charge in [0, 0.05) is 5.39 Å². The summed E-state index contributed by atoms with van der Waals surface area (Å²) in [7, 11) is 0. The van der Waals surface area contributed by atoms with Crippen LogP contribution in [0.15, 0.2) is 36.4 Å². The van der Waals surface area contributed by atoms with Crippen LogP contribution in [0.1, 0.15) is 37.9 Å². The van der Waals surface area contributed by atoms with Gasteiger partial charge in [-0.2, -0.15) is 0 Å². The molecule has 2 atom stereocenters. The van der Waals surface area contributed by atoms with E-state index in [0.717, 1.165) is 25.2 Å². The largest absolute Gasteiger partial charge is 0.330 e. The molecule has 0 aliphatic carbocycles. The van der Waals surface area contributed by atoms with E-state index >= 15 is 0 Å². The van der Waals surface area contributed by atoms with Gasteiger partial charge in [-0.15, -0.1) is 0 Å². The van der Waals surface area contributed by atoms with E-state index in [1.165, 1.54) is 30.3 Å². The molecule has 1 aromatic carbocycles. The summed E-state index contributed by atoms with van der Waals surface area (Å²) in [5, 5.41) is 1.21. The highest BCUT2D eigenvalue weighted by molar-refractivity contribution is 5.78. The fourth-order valence-electron chi connectivity index (χ4n) is 3.59. The van der Waals surface area contributed by atoms with Crippen LogP contribution in [-0.2, 0) is 0 Å². The van der Waals surface area contributed by atoms with E-state index in [2.05, 4.69) is 48.2 Å². The van der Waals surface area contributed by atoms with Crippen LogP contribution in [0.5, 0.6) is 0 Å². The number of para-hydroxylation sites is 1. The summed E-state index contributed by atoms with van der Waals surface area (Å²) in [6.45, 7) is 5.21. The van der Waals surface area contributed by atoms with Crippen molar-refractivity contribution < 1.29 is 0 Å². The van der Waals surface area contributed by atoms with Gasteiger partial charge in [-0.25, -0.2) is 0 Å². The molecule has 3 heteroatoms. The molecule has 1 aliphatic heterocycles. The molecule has 2 unspecified atom stereocenters. The van der Waals surface area contributed by atoms with Gasteiger partial charge in [0.25, 0.3) is 0 Å². The summed E-state index contributed by atoms with van der Waals surface area (Å²) in [4.78, 5) is 7.50. The second kappa shape index (κ2) is 6.54. The Bertz CT molecular complexity index is 582. The normalized spacial score (nSPS) is 24.1. The zero-order chi connectivity index (χ0) is 14.7. The lowest BCUT2D eigenvalue weighted by atomic mass is 9.91. The second-order valence-electron chi connectivity index (χ2n) is 5.99. The van der Waals surface area contributed by atoms with E-state index in [4.69, 9.17) is 10.7 Å². The Labute approximate surface area is 127 Å². The van der Waals surface area contributed by atoms with Gasteiger partial charge < -0.3 is 5.73 Å². The number of nitrogens with zero attached hydrogens (tertiary/aromatic N) is 2. The SMILES string of the molecule is CCN1CCCCC(CN)C1c1ccc2ccccc2n1. The number of likely N-dealkylation sites (tertiary alicyclic amines) is 1. The standard InChI is InChI=1S/C18H25N3/c1-2-21-12-6-5-8-15(13-19)18(21)17-11-10-14-7-3-4-9-16(14)20-17/h3-4,7,9-11,15,18H,2,5-6,8,12-13,19H2,1H3. The number of hydrogen-bond acceptors (Lipinski definition) is 3. The third-order valence-electron chi connectivity index (χ3n) is 4.74. The molecule has 0 spiro atoms. The number of pyridine rings is 1. The Morgan fingerprint density at radius 1 is 1.19 bits per heavy atom. The molecule has 0 saturated carbocycles. The van der Waals surface area contributed by atoms with Crippen molar-refractivity contribution >= 4 is 10.9 Å². The molecule has 0 bridgehead atoms. The molecule has 112 valence electrons. The first kappa shape index (κ1) is 14.5. The lowest BCUT2D eigenvalue weighted by Crippen LogP contribution is -2.36. The maximum Gasteiger partial charge on any atom is 0.0706 e. The van der Waals surface area contributed by atoms with E-state index in [1.54, 1.807) is 0 Å². The Hall–Kier alpha value is -1.45. The van der Waals surface area contributed by atoms with Crippen molar-refractivity contribution in [2.75, 3.05) is 19.6 Å². The van der Waals surface area contributed by atoms with Crippen LogP contribution < -0.4 is 5.73 Å². The van der Waals surface area contributed by atoms with Crippen LogP contribution in [0.4, 0.5) is 0 Å². The average molecular weight is 283 g/mol. The molecule has 2 heterocycles. The smallest absolute Gasteiger partial charge is 0.0706 e. The van der Waals surface area contributed by atoms with E-state index in [1.807, 2.05) is 0 Å². The van der Waals surface area contributed by atoms with Crippen molar-refractivity contribution in [1.29, 1.82) is 0 Å². The predicted octanol–water partition coefficient (Wildman–Crippen LogP) is 3.36. The van der Waals surface area contributed by atoms with Crippen molar-refractivity contribution in [3.63, 3.8) is 0 Å². The van der Waals surface area contributed by atoms with Crippen molar-refractivity contribution in [2.45, 2.75) is 32.2 Å². The molecule has 0 radical (unpaired) electrons. The fourth-order valence-corrected chi connectivity index (χ4v) is 3.59. The average Bonchev–Trinajstić information content (AvgIpc) is 2.76. The molecular weight excluding hydrogens is 258 g/mol. The molecule has 1 saturated heterocycles. The van der Waals surface area contributed by atoms with Crippen LogP contribution in [0.3, 0.4) is 0 Å². The lowest BCUT2D eigenvalue weighted by molar-refractivity contribution is 0.163. The first-order valence-electron chi connectivity index (χ1n) is 8.13. The first-order chi connectivity index (χ1) is 10.3. The Morgan fingerprint density at radius 2 is 2.05 bits per heavy atom. The predicted molar refractivity (Wildman–Crippen MR) is 88.1 cm³/mol. The molecule has 1 aliphatic rings. The molecule has 1 aromatic heterocycles. The van der Waals surface area contributed by atoms with Crippen LogP contribution >= 0.6 is 0 Å². The maximum absolute atomic E-state index is 6.08. The van der Waals surface area contributed by atoms with Gasteiger partial charge in [0.1, 0.15) is 0 Å². The van der Waals surface area contributed by atoms with Gasteiger partial charge in [-0.1, -0.05) is 37.6 Å². The zero-order valence-corrected chi connectivity index (χ0v) is 12.8. The molecule has 21 heavy (non-hydrogen) atoms. The number of hydrogen-bond donors (Lipinski definition) is 1. The first-order valence-corrected chi connectivity index (χ1v) is 8.13. The monoisotopic (exact) mass is 283 g/mol. The van der Waals surface area contributed by atoms with Crippen LogP contribution in [0.2, 0.25) is 0 Å². The van der Waals surface area contributed by atoms with Gasteiger partial charge in [0.2, 0.25) is 0 Å². The van der Waals surface area contributed by atoms with Gasteiger partial charge in [0.15, 0.2) is 0 Å². The summed E-state index contributed by atoms with van der Waals surface area (Å²) < 4.78 is 0. The minimum Gasteiger partial charge on any atom is -0.330 e. The van der Waals surface area contributed by atoms with Gasteiger partial charge in [-0.05, 0) is 50.5 Å². The summed E-state index contributed by atoms with van der Waals surface area (Å²) in [6.07, 6.45) is 3.77. The number of aromatic nitrogens is 1. The minimum atomic E-state index is 0.368. The highest BCUT2D eigenvalue weighted by atomic mass is 15.2. The number of benzene rings is 1. The molecule has 3 rings (SSSR count). The highest BCUT2D eigenvalue weighted by Gasteiger charge is 2.30. The number of fused-ring (bicyclic) bond motifs is 1. The minimum absolute atomic E-state index is 0.368. The van der Waals surface area contributed by atoms with Gasteiger partial charge in [-0.3, -0.25) is 9.88 Å². The van der Waals surface area contributed by atoms with Crippen LogP contribution in [0, 0.1) is 5.92 Å². The summed E-state index contributed by atoms with van der Waals surface area (Å²) in [5.41, 5.74) is 8.35. The number of rotatable bonds is 3. The van der Waals surface area contributed by atoms with Gasteiger partial charge in [0.05, 0.1) is 17.3 Å². The fraction of sp³-hybridized carbons (Fsp3) is 0.500. The quantitative estimate of drug-likeness (QED) is 0.939. The summed E-state index contributed by atoms with van der Waals surface area (Å²) >= 11 is 0. The van der Waals surface area contributed by atoms with Crippen molar-refractivity contribution in [2.24, 2.45) is 11.7 Å². The molecular formula is C18H25N3. The van der Waals surface area contributed by atoms with Crippen molar-refractivity contribution in [1.82, 2.24) is 9.88 Å². The van der Waals surface area contributed by atoms with E-state index in [9.17, 15) is 0 Å². The Balaban J connectivity index is 2.02. The molecule has 0 amide bonds. The van der Waals surface area contributed by atoms with Crippen LogP contribution in [0.25, 0.3) is 10.9 Å². The highest BCUT2D eigenvalue weighted by Crippen LogP contribution is 2.34. The molecule has 3 nitrogen and oxygen atoms in total. The summed E-state index contributed by atoms with van der Waals surface area (Å²) in [6, 6.07) is 13.1. The third kappa shape index (κ3) is 2.94. The maximum atomic E-state index is 6.08. The lowest BCUT2D eigenvalue weighted by Gasteiger charge is -2.33. The van der Waals surface area contributed by atoms with Crippen molar-refractivity contribution in [3.8, 4) is 0 Å². The van der Waals surface area contributed by atoms with E-state index in [0.29, 0.717) is 12.0 Å². The van der Waals surface area contributed by atoms with Gasteiger partial charge >= 0.3 is 0 Å². The number of nitrogens with two attached hydrogens (primary N) is 1. The molecule has 2 N–H and O–H groups in total. The van der Waals surface area contributed by atoms with Crippen LogP contribution in [-0.4, -0.2) is 29.5 Å². The molecule has 2 aromatic rings. The third-order valence-corrected chi connectivity index (χ3v) is 4.74. The topological polar surface area (TPSA) is 42.1 Å². The van der Waals surface area contributed by atoms with Crippen molar-refractivity contribution in [3.05, 3.63) is 42.1 Å². The Kier molecular flexibility index (Phi) is 4.51. The molecule has 1 fully saturated rings. The van der Waals surface area contributed by atoms with E-state index in [-0.39, 0.29) is 0 Å². The zero-order valence-electron chi connectivity index (χ0n) is 12.8. The summed E-state index contributed by atoms with van der Waals surface area (Å²) in [5.74, 6) is 0.515. The second-order valence-corrected chi connectivity index (χ2v) is 5.99.